The predicted molar refractivity (Wildman–Crippen MR) is 149 cm³/mol. The lowest BCUT2D eigenvalue weighted by atomic mass is 10.1. The molecule has 0 radical (unpaired) electrons. The van der Waals surface area contributed by atoms with E-state index in [0.717, 1.165) is 9.87 Å². The number of methoxy groups -OCH3 is 1. The van der Waals surface area contributed by atoms with Crippen LogP contribution in [0.3, 0.4) is 0 Å². The fraction of sp³-hybridized carbons (Fsp3) is 0.286. The Kier molecular flexibility index (Phi) is 9.93. The van der Waals surface area contributed by atoms with Gasteiger partial charge in [-0.1, -0.05) is 41.4 Å². The molecule has 0 aromatic heterocycles. The van der Waals surface area contributed by atoms with Crippen molar-refractivity contribution in [2.24, 2.45) is 0 Å². The maximum atomic E-state index is 13.9. The maximum Gasteiger partial charge on any atom is 0.264 e. The van der Waals surface area contributed by atoms with Crippen LogP contribution < -0.4 is 14.4 Å². The molecule has 3 aromatic carbocycles. The van der Waals surface area contributed by atoms with Crippen LogP contribution in [0.5, 0.6) is 5.75 Å². The molecule has 0 unspecified atom stereocenters. The average molecular weight is 576 g/mol. The maximum absolute atomic E-state index is 13.9. The lowest BCUT2D eigenvalue weighted by Crippen LogP contribution is -2.51. The molecule has 3 rings (SSSR count). The molecule has 0 aliphatic rings. The number of nitrogens with one attached hydrogen (secondary N) is 1. The van der Waals surface area contributed by atoms with E-state index >= 15 is 0 Å². The summed E-state index contributed by atoms with van der Waals surface area (Å²) in [5.41, 5.74) is 1.48. The fourth-order valence-electron chi connectivity index (χ4n) is 3.90. The van der Waals surface area contributed by atoms with E-state index in [1.54, 1.807) is 32.0 Å². The summed E-state index contributed by atoms with van der Waals surface area (Å²) in [6.45, 7) is 4.76. The molecule has 11 heteroatoms. The van der Waals surface area contributed by atoms with E-state index in [9.17, 15) is 22.4 Å². The third-order valence-corrected chi connectivity index (χ3v) is 8.09. The highest BCUT2D eigenvalue weighted by molar-refractivity contribution is 7.92. The zero-order valence-electron chi connectivity index (χ0n) is 22.1. The third kappa shape index (κ3) is 7.27. The Hall–Kier alpha value is -3.63. The van der Waals surface area contributed by atoms with Crippen molar-refractivity contribution in [3.63, 3.8) is 0 Å². The number of carbonyl (C=O) groups is 2. The Labute approximate surface area is 233 Å². The van der Waals surface area contributed by atoms with Gasteiger partial charge in [0.25, 0.3) is 10.0 Å². The van der Waals surface area contributed by atoms with Crippen molar-refractivity contribution < 1.29 is 27.1 Å². The van der Waals surface area contributed by atoms with E-state index in [-0.39, 0.29) is 27.9 Å². The quantitative estimate of drug-likeness (QED) is 0.362. The zero-order valence-corrected chi connectivity index (χ0v) is 23.7. The van der Waals surface area contributed by atoms with Gasteiger partial charge in [0.15, 0.2) is 0 Å². The minimum absolute atomic E-state index is 0.0372. The number of likely N-dealkylation sites (N-methyl/N-ethyl adjacent to an activating group) is 1. The highest BCUT2D eigenvalue weighted by Crippen LogP contribution is 2.35. The minimum Gasteiger partial charge on any atom is -0.495 e. The number of halogens is 2. The molecular formula is C28H31ClFN3O5S. The number of ether oxygens (including phenoxy) is 1. The molecule has 8 nitrogen and oxygen atoms in total. The molecule has 0 bridgehead atoms. The smallest absolute Gasteiger partial charge is 0.264 e. The summed E-state index contributed by atoms with van der Waals surface area (Å²) in [6, 6.07) is 15.2. The van der Waals surface area contributed by atoms with Gasteiger partial charge >= 0.3 is 0 Å². The van der Waals surface area contributed by atoms with Crippen LogP contribution in [0.4, 0.5) is 10.1 Å². The van der Waals surface area contributed by atoms with Gasteiger partial charge in [-0.25, -0.2) is 12.8 Å². The highest BCUT2D eigenvalue weighted by Gasteiger charge is 2.34. The highest BCUT2D eigenvalue weighted by atomic mass is 35.5. The standard InChI is InChI=1S/C28H31ClFN3O5S/c1-5-31-28(35)20(3)32(17-21-8-11-23(30)12-9-21)27(34)18-33(25-16-22(29)10-15-26(25)38-4)39(36,37)24-13-6-19(2)7-14-24/h6-16,20H,5,17-18H2,1-4H3,(H,31,35)/t20-/m0/s1. The number of rotatable bonds is 11. The van der Waals surface area contributed by atoms with Crippen molar-refractivity contribution in [3.05, 3.63) is 88.7 Å². The largest absolute Gasteiger partial charge is 0.495 e. The molecule has 1 atom stereocenters. The summed E-state index contributed by atoms with van der Waals surface area (Å²) in [6.07, 6.45) is 0. The normalized spacial score (nSPS) is 11.9. The molecule has 2 amide bonds. The molecule has 0 saturated heterocycles. The summed E-state index contributed by atoms with van der Waals surface area (Å²) < 4.78 is 47.7. The molecule has 0 heterocycles. The molecule has 0 fully saturated rings. The average Bonchev–Trinajstić information content (AvgIpc) is 2.91. The number of hydrogen-bond donors (Lipinski definition) is 1. The molecule has 0 aliphatic heterocycles. The van der Waals surface area contributed by atoms with Crippen molar-refractivity contribution in [1.82, 2.24) is 10.2 Å². The first-order valence-electron chi connectivity index (χ1n) is 12.2. The van der Waals surface area contributed by atoms with Crippen molar-refractivity contribution in [1.29, 1.82) is 0 Å². The summed E-state index contributed by atoms with van der Waals surface area (Å²) in [5, 5.41) is 2.92. The summed E-state index contributed by atoms with van der Waals surface area (Å²) in [5.74, 6) is -1.33. The van der Waals surface area contributed by atoms with Crippen LogP contribution in [0.2, 0.25) is 5.02 Å². The Morgan fingerprint density at radius 3 is 2.28 bits per heavy atom. The summed E-state index contributed by atoms with van der Waals surface area (Å²) in [7, 11) is -2.91. The first-order valence-corrected chi connectivity index (χ1v) is 14.0. The van der Waals surface area contributed by atoms with Crippen LogP contribution in [0.25, 0.3) is 0 Å². The van der Waals surface area contributed by atoms with E-state index in [1.807, 2.05) is 6.92 Å². The van der Waals surface area contributed by atoms with Crippen molar-refractivity contribution in [2.75, 3.05) is 24.5 Å². The van der Waals surface area contributed by atoms with E-state index < -0.39 is 40.2 Å². The topological polar surface area (TPSA) is 96.0 Å². The van der Waals surface area contributed by atoms with Gasteiger partial charge in [-0.3, -0.25) is 13.9 Å². The van der Waals surface area contributed by atoms with Crippen LogP contribution in [-0.4, -0.2) is 51.4 Å². The van der Waals surface area contributed by atoms with E-state index in [0.29, 0.717) is 12.1 Å². The summed E-state index contributed by atoms with van der Waals surface area (Å²) in [4.78, 5) is 27.8. The second-order valence-corrected chi connectivity index (χ2v) is 11.2. The third-order valence-electron chi connectivity index (χ3n) is 6.08. The number of aryl methyl sites for hydroxylation is 1. The Morgan fingerprint density at radius 1 is 1.05 bits per heavy atom. The first-order chi connectivity index (χ1) is 18.5. The second kappa shape index (κ2) is 12.9. The number of carbonyl (C=O) groups excluding carboxylic acids is 2. The van der Waals surface area contributed by atoms with Gasteiger partial charge in [-0.15, -0.1) is 0 Å². The van der Waals surface area contributed by atoms with E-state index in [1.165, 1.54) is 60.5 Å². The fourth-order valence-corrected chi connectivity index (χ4v) is 5.48. The Bertz CT molecular complexity index is 1420. The predicted octanol–water partition coefficient (Wildman–Crippen LogP) is 4.54. The lowest BCUT2D eigenvalue weighted by molar-refractivity contribution is -0.139. The number of benzene rings is 3. The molecule has 0 spiro atoms. The SMILES string of the molecule is CCNC(=O)[C@H](C)N(Cc1ccc(F)cc1)C(=O)CN(c1cc(Cl)ccc1OC)S(=O)(=O)c1ccc(C)cc1. The summed E-state index contributed by atoms with van der Waals surface area (Å²) >= 11 is 6.22. The number of sulfonamides is 1. The molecule has 1 N–H and O–H groups in total. The number of amides is 2. The van der Waals surface area contributed by atoms with Crippen LogP contribution in [0.1, 0.15) is 25.0 Å². The molecule has 39 heavy (non-hydrogen) atoms. The number of hydrogen-bond acceptors (Lipinski definition) is 5. The van der Waals surface area contributed by atoms with Crippen molar-refractivity contribution in [3.8, 4) is 5.75 Å². The van der Waals surface area contributed by atoms with Crippen molar-refractivity contribution >= 4 is 39.1 Å². The van der Waals surface area contributed by atoms with Gasteiger partial charge in [0.05, 0.1) is 17.7 Å². The Morgan fingerprint density at radius 2 is 1.69 bits per heavy atom. The van der Waals surface area contributed by atoms with Gasteiger partial charge in [-0.2, -0.15) is 0 Å². The van der Waals surface area contributed by atoms with Gasteiger partial charge in [0, 0.05) is 18.1 Å². The van der Waals surface area contributed by atoms with E-state index in [2.05, 4.69) is 5.32 Å². The molecule has 0 saturated carbocycles. The van der Waals surface area contributed by atoms with Crippen LogP contribution >= 0.6 is 11.6 Å². The van der Waals surface area contributed by atoms with Gasteiger partial charge in [0.2, 0.25) is 11.8 Å². The van der Waals surface area contributed by atoms with Crippen LogP contribution in [-0.2, 0) is 26.2 Å². The van der Waals surface area contributed by atoms with Gasteiger partial charge in [0.1, 0.15) is 24.2 Å². The molecule has 0 aliphatic carbocycles. The zero-order chi connectivity index (χ0) is 28.7. The van der Waals surface area contributed by atoms with Crippen molar-refractivity contribution in [2.45, 2.75) is 38.3 Å². The monoisotopic (exact) mass is 575 g/mol. The first kappa shape index (κ1) is 29.9. The van der Waals surface area contributed by atoms with Gasteiger partial charge in [-0.05, 0) is 68.8 Å². The Balaban J connectivity index is 2.09. The lowest BCUT2D eigenvalue weighted by Gasteiger charge is -2.32. The van der Waals surface area contributed by atoms with Gasteiger partial charge < -0.3 is 15.0 Å². The number of nitrogens with zero attached hydrogens (tertiary/aromatic N) is 2. The molecule has 3 aromatic rings. The second-order valence-electron chi connectivity index (χ2n) is 8.86. The van der Waals surface area contributed by atoms with E-state index in [4.69, 9.17) is 16.3 Å². The minimum atomic E-state index is -4.29. The van der Waals surface area contributed by atoms with Crippen LogP contribution in [0, 0.1) is 12.7 Å². The molecular weight excluding hydrogens is 545 g/mol. The molecule has 208 valence electrons. The van der Waals surface area contributed by atoms with Crippen LogP contribution in [0.15, 0.2) is 71.6 Å². The number of anilines is 1.